The first-order valence-corrected chi connectivity index (χ1v) is 5.64. The number of hydrogen-bond acceptors (Lipinski definition) is 2. The highest BCUT2D eigenvalue weighted by Gasteiger charge is 2.04. The molecule has 1 unspecified atom stereocenters. The van der Waals surface area contributed by atoms with Gasteiger partial charge < -0.3 is 5.32 Å². The first-order chi connectivity index (χ1) is 7.81. The molecule has 1 atom stereocenters. The van der Waals surface area contributed by atoms with Crippen molar-refractivity contribution in [1.29, 1.82) is 0 Å². The van der Waals surface area contributed by atoms with E-state index in [1.165, 1.54) is 5.56 Å². The van der Waals surface area contributed by atoms with Crippen molar-refractivity contribution in [2.45, 2.75) is 19.9 Å². The lowest BCUT2D eigenvalue weighted by molar-refractivity contribution is 0.597. The lowest BCUT2D eigenvalue weighted by atomic mass is 10.1. The maximum atomic E-state index is 4.23. The zero-order chi connectivity index (χ0) is 11.4. The van der Waals surface area contributed by atoms with Gasteiger partial charge in [-0.2, -0.15) is 5.10 Å². The number of nitrogens with zero attached hydrogens (tertiary/aromatic N) is 2. The molecule has 1 N–H and O–H groups in total. The molecule has 1 aromatic carbocycles. The van der Waals surface area contributed by atoms with E-state index in [-0.39, 0.29) is 0 Å². The van der Waals surface area contributed by atoms with Crippen LogP contribution in [0.5, 0.6) is 0 Å². The third-order valence-electron chi connectivity index (χ3n) is 2.65. The predicted octanol–water partition coefficient (Wildman–Crippen LogP) is 2.54. The van der Waals surface area contributed by atoms with Crippen molar-refractivity contribution in [2.75, 3.05) is 6.54 Å². The smallest absolute Gasteiger partial charge is 0.0648 e. The topological polar surface area (TPSA) is 29.9 Å². The van der Waals surface area contributed by atoms with E-state index >= 15 is 0 Å². The maximum Gasteiger partial charge on any atom is 0.0648 e. The Morgan fingerprint density at radius 1 is 1.38 bits per heavy atom. The number of hydrogen-bond donors (Lipinski definition) is 1. The van der Waals surface area contributed by atoms with Gasteiger partial charge in [0, 0.05) is 18.4 Å². The van der Waals surface area contributed by atoms with Crippen molar-refractivity contribution in [3.8, 4) is 5.69 Å². The minimum absolute atomic E-state index is 0.375. The van der Waals surface area contributed by atoms with Crippen molar-refractivity contribution in [3.05, 3.63) is 48.3 Å². The molecule has 0 spiro atoms. The Hall–Kier alpha value is -1.61. The van der Waals surface area contributed by atoms with Crippen LogP contribution in [0.25, 0.3) is 5.69 Å². The van der Waals surface area contributed by atoms with Crippen molar-refractivity contribution in [2.24, 2.45) is 0 Å². The van der Waals surface area contributed by atoms with Crippen LogP contribution in [-0.4, -0.2) is 16.3 Å². The molecular formula is C13H17N3. The molecular weight excluding hydrogens is 198 g/mol. The molecule has 0 fully saturated rings. The van der Waals surface area contributed by atoms with Gasteiger partial charge in [-0.1, -0.05) is 19.1 Å². The van der Waals surface area contributed by atoms with Crippen LogP contribution in [0.3, 0.4) is 0 Å². The second-order valence-electron chi connectivity index (χ2n) is 3.82. The fraction of sp³-hybridized carbons (Fsp3) is 0.308. The van der Waals surface area contributed by atoms with Crippen molar-refractivity contribution >= 4 is 0 Å². The summed E-state index contributed by atoms with van der Waals surface area (Å²) in [7, 11) is 0. The highest BCUT2D eigenvalue weighted by atomic mass is 15.3. The van der Waals surface area contributed by atoms with Gasteiger partial charge in [-0.05, 0) is 37.2 Å². The molecule has 0 aliphatic heterocycles. The number of nitrogens with one attached hydrogen (secondary N) is 1. The van der Waals surface area contributed by atoms with Gasteiger partial charge in [0.15, 0.2) is 0 Å². The van der Waals surface area contributed by atoms with Crippen molar-refractivity contribution in [1.82, 2.24) is 15.1 Å². The van der Waals surface area contributed by atoms with Crippen LogP contribution in [0, 0.1) is 0 Å². The van der Waals surface area contributed by atoms with Crippen molar-refractivity contribution in [3.63, 3.8) is 0 Å². The summed E-state index contributed by atoms with van der Waals surface area (Å²) in [5.74, 6) is 0. The lowest BCUT2D eigenvalue weighted by Crippen LogP contribution is -2.17. The molecule has 2 rings (SSSR count). The minimum Gasteiger partial charge on any atom is -0.310 e. The third-order valence-corrected chi connectivity index (χ3v) is 2.65. The van der Waals surface area contributed by atoms with Crippen LogP contribution in [-0.2, 0) is 0 Å². The van der Waals surface area contributed by atoms with E-state index < -0.39 is 0 Å². The SMILES string of the molecule is CCNC(C)c1cccc(-n2cccn2)c1. The molecule has 0 aliphatic carbocycles. The molecule has 0 radical (unpaired) electrons. The van der Waals surface area contributed by atoms with Crippen molar-refractivity contribution < 1.29 is 0 Å². The number of aromatic nitrogens is 2. The largest absolute Gasteiger partial charge is 0.310 e. The molecule has 1 aromatic heterocycles. The second kappa shape index (κ2) is 4.94. The zero-order valence-electron chi connectivity index (χ0n) is 9.72. The van der Waals surface area contributed by atoms with Crippen LogP contribution < -0.4 is 5.32 Å². The number of benzene rings is 1. The van der Waals surface area contributed by atoms with Crippen LogP contribution in [0.15, 0.2) is 42.7 Å². The summed E-state index contributed by atoms with van der Waals surface area (Å²) in [6.45, 7) is 5.27. The summed E-state index contributed by atoms with van der Waals surface area (Å²) in [6, 6.07) is 10.7. The molecule has 0 bridgehead atoms. The Labute approximate surface area is 96.1 Å². The molecule has 2 aromatic rings. The first-order valence-electron chi connectivity index (χ1n) is 5.64. The third kappa shape index (κ3) is 2.31. The second-order valence-corrected chi connectivity index (χ2v) is 3.82. The maximum absolute atomic E-state index is 4.23. The fourth-order valence-corrected chi connectivity index (χ4v) is 1.78. The Balaban J connectivity index is 2.26. The minimum atomic E-state index is 0.375. The summed E-state index contributed by atoms with van der Waals surface area (Å²) >= 11 is 0. The molecule has 16 heavy (non-hydrogen) atoms. The molecule has 0 amide bonds. The van der Waals surface area contributed by atoms with Gasteiger partial charge in [0.05, 0.1) is 5.69 Å². The van der Waals surface area contributed by atoms with E-state index in [0.717, 1.165) is 12.2 Å². The summed E-state index contributed by atoms with van der Waals surface area (Å²) in [5, 5.41) is 7.63. The van der Waals surface area contributed by atoms with Gasteiger partial charge in [0.1, 0.15) is 0 Å². The molecule has 1 heterocycles. The Morgan fingerprint density at radius 2 is 2.25 bits per heavy atom. The van der Waals surface area contributed by atoms with Gasteiger partial charge >= 0.3 is 0 Å². The monoisotopic (exact) mass is 215 g/mol. The molecule has 0 aliphatic rings. The predicted molar refractivity (Wildman–Crippen MR) is 65.7 cm³/mol. The summed E-state index contributed by atoms with van der Waals surface area (Å²) in [4.78, 5) is 0. The number of rotatable bonds is 4. The molecule has 0 saturated carbocycles. The van der Waals surface area contributed by atoms with Gasteiger partial charge in [0.2, 0.25) is 0 Å². The summed E-state index contributed by atoms with van der Waals surface area (Å²) in [5.41, 5.74) is 2.39. The molecule has 84 valence electrons. The fourth-order valence-electron chi connectivity index (χ4n) is 1.78. The highest BCUT2D eigenvalue weighted by molar-refractivity contribution is 5.36. The summed E-state index contributed by atoms with van der Waals surface area (Å²) in [6.07, 6.45) is 3.75. The van der Waals surface area contributed by atoms with Crippen LogP contribution in [0.4, 0.5) is 0 Å². The summed E-state index contributed by atoms with van der Waals surface area (Å²) < 4.78 is 1.88. The first kappa shape index (κ1) is 10.9. The molecule has 0 saturated heterocycles. The van der Waals surface area contributed by atoms with Crippen LogP contribution in [0.2, 0.25) is 0 Å². The van der Waals surface area contributed by atoms with E-state index in [4.69, 9.17) is 0 Å². The quantitative estimate of drug-likeness (QED) is 0.849. The standard InChI is InChI=1S/C13H17N3/c1-3-14-11(2)12-6-4-7-13(10-12)16-9-5-8-15-16/h4-11,14H,3H2,1-2H3. The van der Waals surface area contributed by atoms with Crippen LogP contribution in [0.1, 0.15) is 25.5 Å². The average molecular weight is 215 g/mol. The average Bonchev–Trinajstić information content (AvgIpc) is 2.83. The van der Waals surface area contributed by atoms with E-state index in [9.17, 15) is 0 Å². The highest BCUT2D eigenvalue weighted by Crippen LogP contribution is 2.16. The van der Waals surface area contributed by atoms with Gasteiger partial charge in [-0.3, -0.25) is 0 Å². The Kier molecular flexibility index (Phi) is 3.37. The van der Waals surface area contributed by atoms with E-state index in [2.05, 4.69) is 48.5 Å². The zero-order valence-corrected chi connectivity index (χ0v) is 9.72. The van der Waals surface area contributed by atoms with Gasteiger partial charge in [0.25, 0.3) is 0 Å². The Bertz CT molecular complexity index is 434. The normalized spacial score (nSPS) is 12.6. The van der Waals surface area contributed by atoms with E-state index in [0.29, 0.717) is 6.04 Å². The van der Waals surface area contributed by atoms with Gasteiger partial charge in [-0.25, -0.2) is 4.68 Å². The van der Waals surface area contributed by atoms with E-state index in [1.807, 2.05) is 16.9 Å². The van der Waals surface area contributed by atoms with E-state index in [1.54, 1.807) is 6.20 Å². The Morgan fingerprint density at radius 3 is 2.94 bits per heavy atom. The molecule has 3 heteroatoms. The van der Waals surface area contributed by atoms with Gasteiger partial charge in [-0.15, -0.1) is 0 Å². The lowest BCUT2D eigenvalue weighted by Gasteiger charge is -2.13. The molecule has 3 nitrogen and oxygen atoms in total. The van der Waals surface area contributed by atoms with Crippen LogP contribution >= 0.6 is 0 Å².